The first kappa shape index (κ1) is 16.6. The Kier molecular flexibility index (Phi) is 4.06. The molecule has 0 saturated carbocycles. The van der Waals surface area contributed by atoms with Crippen LogP contribution in [0.5, 0.6) is 0 Å². The first-order valence-corrected chi connectivity index (χ1v) is 9.76. The molecule has 25 heavy (non-hydrogen) atoms. The van der Waals surface area contributed by atoms with E-state index in [4.69, 9.17) is 0 Å². The molecule has 128 valence electrons. The maximum absolute atomic E-state index is 11.5. The van der Waals surface area contributed by atoms with Gasteiger partial charge in [-0.25, -0.2) is 4.98 Å². The molecule has 0 bridgehead atoms. The summed E-state index contributed by atoms with van der Waals surface area (Å²) in [5.74, 6) is -0.814. The highest BCUT2D eigenvalue weighted by Crippen LogP contribution is 2.47. The number of thiazole rings is 1. The van der Waals surface area contributed by atoms with E-state index in [0.717, 1.165) is 9.88 Å². The molecule has 4 rings (SSSR count). The molecule has 0 radical (unpaired) electrons. The molecule has 1 saturated heterocycles. The van der Waals surface area contributed by atoms with Gasteiger partial charge in [0.05, 0.1) is 4.88 Å². The Morgan fingerprint density at radius 2 is 1.96 bits per heavy atom. The number of hydrogen-bond donors (Lipinski definition) is 2. The molecule has 6 heteroatoms. The van der Waals surface area contributed by atoms with Gasteiger partial charge in [-0.3, -0.25) is 10.1 Å². The van der Waals surface area contributed by atoms with Crippen LogP contribution in [0, 0.1) is 0 Å². The van der Waals surface area contributed by atoms with E-state index < -0.39 is 12.0 Å². The van der Waals surface area contributed by atoms with Crippen molar-refractivity contribution in [2.24, 2.45) is 0 Å². The van der Waals surface area contributed by atoms with Crippen LogP contribution in [0.1, 0.15) is 24.2 Å². The summed E-state index contributed by atoms with van der Waals surface area (Å²) in [7, 11) is 0. The Balaban J connectivity index is 1.68. The van der Waals surface area contributed by atoms with Gasteiger partial charge in [0.15, 0.2) is 0 Å². The molecule has 2 aromatic carbocycles. The van der Waals surface area contributed by atoms with Crippen molar-refractivity contribution in [3.05, 3.63) is 53.7 Å². The fourth-order valence-corrected chi connectivity index (χ4v) is 5.69. The molecular formula is C19H18N2O2S2. The molecule has 0 amide bonds. The van der Waals surface area contributed by atoms with Gasteiger partial charge in [-0.1, -0.05) is 42.5 Å². The van der Waals surface area contributed by atoms with Crippen LogP contribution in [0.25, 0.3) is 21.2 Å². The van der Waals surface area contributed by atoms with Crippen LogP contribution in [0.3, 0.4) is 0 Å². The van der Waals surface area contributed by atoms with Gasteiger partial charge in [-0.2, -0.15) is 0 Å². The molecular weight excluding hydrogens is 352 g/mol. The van der Waals surface area contributed by atoms with Crippen molar-refractivity contribution in [2.45, 2.75) is 30.0 Å². The number of carboxylic acids is 1. The molecule has 2 heterocycles. The molecule has 2 N–H and O–H groups in total. The fraction of sp³-hybridized carbons (Fsp3) is 0.263. The third kappa shape index (κ3) is 2.94. The zero-order valence-electron chi connectivity index (χ0n) is 13.9. The average molecular weight is 370 g/mol. The summed E-state index contributed by atoms with van der Waals surface area (Å²) in [6.45, 7) is 3.92. The van der Waals surface area contributed by atoms with Crippen LogP contribution in [0.4, 0.5) is 0 Å². The number of aromatic nitrogens is 1. The standard InChI is InChI=1S/C19H18N2O2S2/c1-19(2)15(18(22)23)21-17(25-19)16-20-10-14(24-16)13-9-5-7-11-6-3-4-8-12(11)13/h3-10,15,17,21H,1-2H3,(H,22,23). The van der Waals surface area contributed by atoms with Gasteiger partial charge in [0, 0.05) is 16.5 Å². The summed E-state index contributed by atoms with van der Waals surface area (Å²) in [5.41, 5.74) is 1.17. The van der Waals surface area contributed by atoms with E-state index >= 15 is 0 Å². The van der Waals surface area contributed by atoms with E-state index in [2.05, 4.69) is 40.6 Å². The molecule has 0 aliphatic carbocycles. The SMILES string of the molecule is CC1(C)SC(c2ncc(-c3cccc4ccccc34)s2)NC1C(=O)O. The molecule has 4 nitrogen and oxygen atoms in total. The van der Waals surface area contributed by atoms with Crippen LogP contribution >= 0.6 is 23.1 Å². The van der Waals surface area contributed by atoms with E-state index in [1.54, 1.807) is 23.1 Å². The molecule has 3 aromatic rings. The van der Waals surface area contributed by atoms with Crippen LogP contribution in [-0.2, 0) is 4.79 Å². The number of thioether (sulfide) groups is 1. The van der Waals surface area contributed by atoms with Crippen molar-refractivity contribution < 1.29 is 9.90 Å². The number of nitrogens with one attached hydrogen (secondary N) is 1. The normalized spacial score (nSPS) is 22.3. The summed E-state index contributed by atoms with van der Waals surface area (Å²) >= 11 is 3.25. The van der Waals surface area contributed by atoms with E-state index in [1.807, 2.05) is 32.2 Å². The molecule has 2 unspecified atom stereocenters. The first-order valence-electron chi connectivity index (χ1n) is 8.06. The monoisotopic (exact) mass is 370 g/mol. The number of hydrogen-bond acceptors (Lipinski definition) is 5. The van der Waals surface area contributed by atoms with Gasteiger partial charge in [-0.05, 0) is 24.6 Å². The Hall–Kier alpha value is -1.89. The molecule has 2 atom stereocenters. The minimum Gasteiger partial charge on any atom is -0.480 e. The Bertz CT molecular complexity index is 946. The lowest BCUT2D eigenvalue weighted by molar-refractivity contribution is -0.139. The van der Waals surface area contributed by atoms with Crippen molar-refractivity contribution >= 4 is 39.8 Å². The van der Waals surface area contributed by atoms with E-state index in [0.29, 0.717) is 0 Å². The van der Waals surface area contributed by atoms with Gasteiger partial charge in [0.25, 0.3) is 0 Å². The Morgan fingerprint density at radius 1 is 1.20 bits per heavy atom. The number of benzene rings is 2. The zero-order chi connectivity index (χ0) is 17.6. The largest absolute Gasteiger partial charge is 0.480 e. The van der Waals surface area contributed by atoms with Gasteiger partial charge in [-0.15, -0.1) is 23.1 Å². The minimum atomic E-state index is -0.814. The number of fused-ring (bicyclic) bond motifs is 1. The van der Waals surface area contributed by atoms with Crippen LogP contribution in [-0.4, -0.2) is 26.8 Å². The summed E-state index contributed by atoms with van der Waals surface area (Å²) in [5, 5.41) is 15.9. The third-order valence-corrected chi connectivity index (χ3v) is 7.17. The predicted octanol–water partition coefficient (Wildman–Crippen LogP) is 4.53. The average Bonchev–Trinajstić information content (AvgIpc) is 3.18. The second-order valence-electron chi connectivity index (χ2n) is 6.63. The number of aliphatic carboxylic acids is 1. The van der Waals surface area contributed by atoms with Crippen molar-refractivity contribution in [1.29, 1.82) is 0 Å². The topological polar surface area (TPSA) is 62.2 Å². The van der Waals surface area contributed by atoms with Crippen molar-refractivity contribution in [3.63, 3.8) is 0 Å². The van der Waals surface area contributed by atoms with Crippen molar-refractivity contribution in [1.82, 2.24) is 10.3 Å². The van der Waals surface area contributed by atoms with Crippen LogP contribution in [0.15, 0.2) is 48.7 Å². The van der Waals surface area contributed by atoms with Gasteiger partial charge < -0.3 is 5.11 Å². The van der Waals surface area contributed by atoms with E-state index in [-0.39, 0.29) is 10.1 Å². The maximum atomic E-state index is 11.5. The predicted molar refractivity (Wildman–Crippen MR) is 104 cm³/mol. The summed E-state index contributed by atoms with van der Waals surface area (Å²) in [6, 6.07) is 14.0. The zero-order valence-corrected chi connectivity index (χ0v) is 15.5. The quantitative estimate of drug-likeness (QED) is 0.709. The number of rotatable bonds is 3. The highest BCUT2D eigenvalue weighted by atomic mass is 32.2. The van der Waals surface area contributed by atoms with E-state index in [1.165, 1.54) is 16.3 Å². The lowest BCUT2D eigenvalue weighted by atomic mass is 10.0. The number of carbonyl (C=O) groups is 1. The second kappa shape index (κ2) is 6.12. The molecule has 0 spiro atoms. The summed E-state index contributed by atoms with van der Waals surface area (Å²) in [6.07, 6.45) is 1.89. The van der Waals surface area contributed by atoms with Crippen LogP contribution in [0.2, 0.25) is 0 Å². The van der Waals surface area contributed by atoms with Crippen molar-refractivity contribution in [2.75, 3.05) is 0 Å². The van der Waals surface area contributed by atoms with Gasteiger partial charge in [0.1, 0.15) is 16.4 Å². The Labute approximate surface area is 154 Å². The molecule has 1 aliphatic rings. The smallest absolute Gasteiger partial charge is 0.322 e. The van der Waals surface area contributed by atoms with Crippen LogP contribution < -0.4 is 5.32 Å². The maximum Gasteiger partial charge on any atom is 0.322 e. The number of carboxylic acid groups (broad SMARTS) is 1. The highest BCUT2D eigenvalue weighted by Gasteiger charge is 2.46. The van der Waals surface area contributed by atoms with Crippen molar-refractivity contribution in [3.8, 4) is 10.4 Å². The second-order valence-corrected chi connectivity index (χ2v) is 9.45. The highest BCUT2D eigenvalue weighted by molar-refractivity contribution is 8.01. The summed E-state index contributed by atoms with van der Waals surface area (Å²) < 4.78 is -0.373. The van der Waals surface area contributed by atoms with Gasteiger partial charge in [0.2, 0.25) is 0 Å². The molecule has 1 aliphatic heterocycles. The summed E-state index contributed by atoms with van der Waals surface area (Å²) in [4.78, 5) is 17.2. The van der Waals surface area contributed by atoms with Gasteiger partial charge >= 0.3 is 5.97 Å². The fourth-order valence-electron chi connectivity index (χ4n) is 3.22. The molecule has 1 fully saturated rings. The third-order valence-electron chi connectivity index (χ3n) is 4.48. The minimum absolute atomic E-state index is 0.0928. The lowest BCUT2D eigenvalue weighted by Crippen LogP contribution is -2.43. The number of nitrogens with zero attached hydrogens (tertiary/aromatic N) is 1. The first-order chi connectivity index (χ1) is 12.0. The lowest BCUT2D eigenvalue weighted by Gasteiger charge is -2.20. The van der Waals surface area contributed by atoms with E-state index in [9.17, 15) is 9.90 Å². The molecule has 1 aromatic heterocycles. The Morgan fingerprint density at radius 3 is 2.72 bits per heavy atom.